The molecule has 1 heterocycles. The van der Waals surface area contributed by atoms with Crippen LogP contribution in [-0.4, -0.2) is 24.8 Å². The standard InChI is InChI=1S/C13H17N3O2S2/c1-10-12(19-9-15-10)8-16(2)20(17,18)13-6-4-3-5-11(13)7-14/h3-6,9H,7-8,14H2,1-2H3. The first kappa shape index (κ1) is 15.1. The molecule has 1 aromatic carbocycles. The quantitative estimate of drug-likeness (QED) is 0.912. The normalized spacial score (nSPS) is 12.0. The molecule has 20 heavy (non-hydrogen) atoms. The van der Waals surface area contributed by atoms with E-state index in [1.807, 2.05) is 6.92 Å². The maximum Gasteiger partial charge on any atom is 0.243 e. The van der Waals surface area contributed by atoms with Crippen molar-refractivity contribution in [2.45, 2.75) is 24.9 Å². The molecule has 0 saturated carbocycles. The Kier molecular flexibility index (Phi) is 4.54. The fourth-order valence-electron chi connectivity index (χ4n) is 1.86. The number of nitrogens with zero attached hydrogens (tertiary/aromatic N) is 2. The number of hydrogen-bond donors (Lipinski definition) is 1. The van der Waals surface area contributed by atoms with Gasteiger partial charge in [0, 0.05) is 25.0 Å². The number of thiazole rings is 1. The third-order valence-electron chi connectivity index (χ3n) is 3.09. The molecule has 0 radical (unpaired) electrons. The van der Waals surface area contributed by atoms with E-state index in [-0.39, 0.29) is 11.4 Å². The van der Waals surface area contributed by atoms with E-state index in [9.17, 15) is 8.42 Å². The summed E-state index contributed by atoms with van der Waals surface area (Å²) in [6, 6.07) is 6.82. The van der Waals surface area contributed by atoms with Crippen molar-refractivity contribution in [2.75, 3.05) is 7.05 Å². The molecule has 7 heteroatoms. The van der Waals surface area contributed by atoms with Gasteiger partial charge in [0.2, 0.25) is 10.0 Å². The number of benzene rings is 1. The molecule has 2 N–H and O–H groups in total. The summed E-state index contributed by atoms with van der Waals surface area (Å²) in [5, 5.41) is 0. The average molecular weight is 311 g/mol. The van der Waals surface area contributed by atoms with Crippen LogP contribution in [0.5, 0.6) is 0 Å². The van der Waals surface area contributed by atoms with Gasteiger partial charge in [-0.2, -0.15) is 4.31 Å². The Bertz CT molecular complexity index is 695. The van der Waals surface area contributed by atoms with Crippen LogP contribution < -0.4 is 5.73 Å². The van der Waals surface area contributed by atoms with Crippen LogP contribution in [0.4, 0.5) is 0 Å². The van der Waals surface area contributed by atoms with E-state index in [1.54, 1.807) is 36.8 Å². The van der Waals surface area contributed by atoms with Gasteiger partial charge in [-0.25, -0.2) is 13.4 Å². The van der Waals surface area contributed by atoms with Gasteiger partial charge in [-0.05, 0) is 18.6 Å². The maximum absolute atomic E-state index is 12.6. The fraction of sp³-hybridized carbons (Fsp3) is 0.308. The molecule has 0 aliphatic heterocycles. The summed E-state index contributed by atoms with van der Waals surface area (Å²) in [7, 11) is -1.97. The molecule has 1 aromatic heterocycles. The van der Waals surface area contributed by atoms with Crippen LogP contribution in [0.2, 0.25) is 0 Å². The fourth-order valence-corrected chi connectivity index (χ4v) is 4.14. The maximum atomic E-state index is 12.6. The molecule has 0 fully saturated rings. The Labute approximate surface area is 123 Å². The largest absolute Gasteiger partial charge is 0.326 e. The van der Waals surface area contributed by atoms with Crippen molar-refractivity contribution in [3.63, 3.8) is 0 Å². The Morgan fingerprint density at radius 2 is 2.05 bits per heavy atom. The smallest absolute Gasteiger partial charge is 0.243 e. The molecule has 0 saturated heterocycles. The minimum Gasteiger partial charge on any atom is -0.326 e. The van der Waals surface area contributed by atoms with Crippen molar-refractivity contribution >= 4 is 21.4 Å². The topological polar surface area (TPSA) is 76.3 Å². The van der Waals surface area contributed by atoms with Gasteiger partial charge in [0.15, 0.2) is 0 Å². The molecule has 2 rings (SSSR count). The summed E-state index contributed by atoms with van der Waals surface area (Å²) in [6.07, 6.45) is 0. The van der Waals surface area contributed by atoms with Crippen LogP contribution in [0.3, 0.4) is 0 Å². The summed E-state index contributed by atoms with van der Waals surface area (Å²) in [6.45, 7) is 2.39. The monoisotopic (exact) mass is 311 g/mol. The highest BCUT2D eigenvalue weighted by molar-refractivity contribution is 7.89. The van der Waals surface area contributed by atoms with Crippen LogP contribution in [0.15, 0.2) is 34.7 Å². The van der Waals surface area contributed by atoms with Crippen molar-refractivity contribution in [3.8, 4) is 0 Å². The summed E-state index contributed by atoms with van der Waals surface area (Å²) in [5.41, 5.74) is 8.83. The molecule has 108 valence electrons. The summed E-state index contributed by atoms with van der Waals surface area (Å²) < 4.78 is 26.5. The zero-order valence-electron chi connectivity index (χ0n) is 11.4. The second-order valence-corrected chi connectivity index (χ2v) is 7.39. The van der Waals surface area contributed by atoms with E-state index in [2.05, 4.69) is 4.98 Å². The molecular weight excluding hydrogens is 294 g/mol. The van der Waals surface area contributed by atoms with Gasteiger partial charge in [-0.3, -0.25) is 0 Å². The van der Waals surface area contributed by atoms with Gasteiger partial charge < -0.3 is 5.73 Å². The molecule has 2 aromatic rings. The lowest BCUT2D eigenvalue weighted by Crippen LogP contribution is -2.27. The third kappa shape index (κ3) is 2.90. The van der Waals surface area contributed by atoms with Crippen molar-refractivity contribution < 1.29 is 8.42 Å². The van der Waals surface area contributed by atoms with Gasteiger partial charge in [0.1, 0.15) is 0 Å². The minimum atomic E-state index is -3.54. The highest BCUT2D eigenvalue weighted by Crippen LogP contribution is 2.22. The number of hydrogen-bond acceptors (Lipinski definition) is 5. The zero-order valence-corrected chi connectivity index (χ0v) is 13.0. The highest BCUT2D eigenvalue weighted by atomic mass is 32.2. The van der Waals surface area contributed by atoms with Crippen LogP contribution in [0, 0.1) is 6.92 Å². The lowest BCUT2D eigenvalue weighted by Gasteiger charge is -2.18. The van der Waals surface area contributed by atoms with Crippen LogP contribution in [0.25, 0.3) is 0 Å². The SMILES string of the molecule is Cc1ncsc1CN(C)S(=O)(=O)c1ccccc1CN. The average Bonchev–Trinajstić information content (AvgIpc) is 2.84. The predicted molar refractivity (Wildman–Crippen MR) is 79.8 cm³/mol. The van der Waals surface area contributed by atoms with Crippen LogP contribution in [0.1, 0.15) is 16.1 Å². The molecular formula is C13H17N3O2S2. The van der Waals surface area contributed by atoms with E-state index in [0.717, 1.165) is 10.6 Å². The van der Waals surface area contributed by atoms with Gasteiger partial charge in [-0.1, -0.05) is 18.2 Å². The molecule has 0 aliphatic carbocycles. The molecule has 0 unspecified atom stereocenters. The molecule has 0 aliphatic rings. The number of nitrogens with two attached hydrogens (primary N) is 1. The van der Waals surface area contributed by atoms with Crippen molar-refractivity contribution in [2.24, 2.45) is 5.73 Å². The molecule has 0 spiro atoms. The van der Waals surface area contributed by atoms with Crippen LogP contribution >= 0.6 is 11.3 Å². The Hall–Kier alpha value is -1.28. The van der Waals surface area contributed by atoms with Crippen molar-refractivity contribution in [3.05, 3.63) is 45.9 Å². The molecule has 0 atom stereocenters. The first-order valence-electron chi connectivity index (χ1n) is 6.10. The van der Waals surface area contributed by atoms with Gasteiger partial charge in [0.05, 0.1) is 16.1 Å². The second-order valence-electron chi connectivity index (χ2n) is 4.43. The Morgan fingerprint density at radius 1 is 1.35 bits per heavy atom. The Morgan fingerprint density at radius 3 is 2.65 bits per heavy atom. The lowest BCUT2D eigenvalue weighted by molar-refractivity contribution is 0.468. The zero-order chi connectivity index (χ0) is 14.8. The van der Waals surface area contributed by atoms with Gasteiger partial charge in [0.25, 0.3) is 0 Å². The summed E-state index contributed by atoms with van der Waals surface area (Å²) >= 11 is 1.46. The number of rotatable bonds is 5. The number of sulfonamides is 1. The highest BCUT2D eigenvalue weighted by Gasteiger charge is 2.24. The van der Waals surface area contributed by atoms with Gasteiger partial charge >= 0.3 is 0 Å². The summed E-state index contributed by atoms with van der Waals surface area (Å²) in [4.78, 5) is 5.35. The first-order chi connectivity index (χ1) is 9.46. The van der Waals surface area contributed by atoms with E-state index in [0.29, 0.717) is 12.1 Å². The van der Waals surface area contributed by atoms with E-state index in [4.69, 9.17) is 5.73 Å². The van der Waals surface area contributed by atoms with Gasteiger partial charge in [-0.15, -0.1) is 11.3 Å². The van der Waals surface area contributed by atoms with Crippen LogP contribution in [-0.2, 0) is 23.1 Å². The molecule has 0 amide bonds. The van der Waals surface area contributed by atoms with Crippen molar-refractivity contribution in [1.29, 1.82) is 0 Å². The van der Waals surface area contributed by atoms with E-state index < -0.39 is 10.0 Å². The third-order valence-corrected chi connectivity index (χ3v) is 5.92. The summed E-state index contributed by atoms with van der Waals surface area (Å²) in [5.74, 6) is 0. The molecule has 0 bridgehead atoms. The number of aryl methyl sites for hydroxylation is 1. The Balaban J connectivity index is 2.32. The lowest BCUT2D eigenvalue weighted by atomic mass is 10.2. The minimum absolute atomic E-state index is 0.197. The van der Waals surface area contributed by atoms with E-state index >= 15 is 0 Å². The number of aromatic nitrogens is 1. The second kappa shape index (κ2) is 6.01. The predicted octanol–water partition coefficient (Wildman–Crippen LogP) is 1.73. The van der Waals surface area contributed by atoms with E-state index in [1.165, 1.54) is 15.6 Å². The first-order valence-corrected chi connectivity index (χ1v) is 8.42. The molecule has 5 nitrogen and oxygen atoms in total. The van der Waals surface area contributed by atoms with Crippen molar-refractivity contribution in [1.82, 2.24) is 9.29 Å².